The molecule has 2 aromatic rings. The molecule has 1 amide bonds. The van der Waals surface area contributed by atoms with Gasteiger partial charge in [-0.2, -0.15) is 0 Å². The first-order chi connectivity index (χ1) is 12.7. The van der Waals surface area contributed by atoms with Crippen molar-refractivity contribution in [3.05, 3.63) is 54.1 Å². The molecule has 0 aromatic heterocycles. The van der Waals surface area contributed by atoms with Crippen LogP contribution < -0.4 is 14.8 Å². The summed E-state index contributed by atoms with van der Waals surface area (Å²) in [5.74, 6) is 1.20. The van der Waals surface area contributed by atoms with E-state index in [0.29, 0.717) is 5.75 Å². The number of rotatable bonds is 10. The van der Waals surface area contributed by atoms with E-state index in [-0.39, 0.29) is 0 Å². The number of methoxy groups -OCH3 is 1. The summed E-state index contributed by atoms with van der Waals surface area (Å²) in [4.78, 5) is 12.0. The molecule has 4 heteroatoms. The molecular formula is C22H29NO3. The quantitative estimate of drug-likeness (QED) is 0.515. The maximum Gasteiger partial charge on any atom is 0.417 e. The van der Waals surface area contributed by atoms with E-state index in [0.717, 1.165) is 17.9 Å². The molecular weight excluding hydrogens is 326 g/mol. The second kappa shape index (κ2) is 11.2. The molecule has 4 nitrogen and oxygen atoms in total. The van der Waals surface area contributed by atoms with Gasteiger partial charge in [-0.05, 0) is 54.8 Å². The number of nitrogens with one attached hydrogen (secondary N) is 1. The predicted molar refractivity (Wildman–Crippen MR) is 106 cm³/mol. The summed E-state index contributed by atoms with van der Waals surface area (Å²) in [6.07, 6.45) is 8.38. The van der Waals surface area contributed by atoms with Gasteiger partial charge in [-0.25, -0.2) is 4.79 Å². The molecule has 0 saturated heterocycles. The zero-order chi connectivity index (χ0) is 18.6. The van der Waals surface area contributed by atoms with Gasteiger partial charge in [0, 0.05) is 5.69 Å². The molecule has 2 rings (SSSR count). The van der Waals surface area contributed by atoms with Gasteiger partial charge in [0.1, 0.15) is 11.5 Å². The molecule has 140 valence electrons. The lowest BCUT2D eigenvalue weighted by Crippen LogP contribution is -2.16. The van der Waals surface area contributed by atoms with Crippen LogP contribution in [-0.4, -0.2) is 13.2 Å². The molecule has 0 radical (unpaired) electrons. The Hall–Kier alpha value is -2.49. The number of anilines is 1. The average Bonchev–Trinajstić information content (AvgIpc) is 2.66. The fraction of sp³-hybridized carbons (Fsp3) is 0.409. The lowest BCUT2D eigenvalue weighted by Gasteiger charge is -2.08. The Labute approximate surface area is 156 Å². The van der Waals surface area contributed by atoms with Gasteiger partial charge in [0.2, 0.25) is 0 Å². The second-order valence-electron chi connectivity index (χ2n) is 6.40. The summed E-state index contributed by atoms with van der Waals surface area (Å²) in [6, 6.07) is 14.9. The number of ether oxygens (including phenoxy) is 2. The third kappa shape index (κ3) is 7.18. The first-order valence-corrected chi connectivity index (χ1v) is 9.43. The standard InChI is InChI=1S/C22H29NO3/c1-3-4-5-6-7-8-9-18-10-12-19(13-11-18)23-22(24)26-21-16-14-20(25-2)15-17-21/h10-17H,3-9H2,1-2H3,(H,23,24). The van der Waals surface area contributed by atoms with Gasteiger partial charge < -0.3 is 9.47 Å². The molecule has 0 bridgehead atoms. The van der Waals surface area contributed by atoms with Crippen molar-refractivity contribution in [2.24, 2.45) is 0 Å². The third-order valence-electron chi connectivity index (χ3n) is 4.29. The Morgan fingerprint density at radius 2 is 1.46 bits per heavy atom. The Morgan fingerprint density at radius 1 is 0.846 bits per heavy atom. The molecule has 1 N–H and O–H groups in total. The monoisotopic (exact) mass is 355 g/mol. The molecule has 0 atom stereocenters. The highest BCUT2D eigenvalue weighted by Gasteiger charge is 2.05. The third-order valence-corrected chi connectivity index (χ3v) is 4.29. The van der Waals surface area contributed by atoms with Gasteiger partial charge in [-0.15, -0.1) is 0 Å². The zero-order valence-corrected chi connectivity index (χ0v) is 15.8. The minimum absolute atomic E-state index is 0.475. The largest absolute Gasteiger partial charge is 0.497 e. The van der Waals surface area contributed by atoms with Crippen LogP contribution in [-0.2, 0) is 6.42 Å². The van der Waals surface area contributed by atoms with Gasteiger partial charge in [-0.3, -0.25) is 5.32 Å². The highest BCUT2D eigenvalue weighted by Crippen LogP contribution is 2.18. The summed E-state index contributed by atoms with van der Waals surface area (Å²) in [5.41, 5.74) is 2.03. The Balaban J connectivity index is 1.72. The van der Waals surface area contributed by atoms with Gasteiger partial charge >= 0.3 is 6.09 Å². The summed E-state index contributed by atoms with van der Waals surface area (Å²) in [5, 5.41) is 2.74. The molecule has 0 heterocycles. The van der Waals surface area contributed by atoms with Crippen LogP contribution in [0.1, 0.15) is 51.0 Å². The molecule has 0 unspecified atom stereocenters. The van der Waals surface area contributed by atoms with Gasteiger partial charge in [-0.1, -0.05) is 51.2 Å². The molecule has 26 heavy (non-hydrogen) atoms. The van der Waals surface area contributed by atoms with E-state index in [4.69, 9.17) is 9.47 Å². The first-order valence-electron chi connectivity index (χ1n) is 9.43. The molecule has 0 spiro atoms. The van der Waals surface area contributed by atoms with E-state index < -0.39 is 6.09 Å². The van der Waals surface area contributed by atoms with E-state index in [9.17, 15) is 4.79 Å². The van der Waals surface area contributed by atoms with Crippen molar-refractivity contribution >= 4 is 11.8 Å². The van der Waals surface area contributed by atoms with E-state index in [1.807, 2.05) is 12.1 Å². The number of aryl methyl sites for hydroxylation is 1. The van der Waals surface area contributed by atoms with E-state index in [1.165, 1.54) is 44.1 Å². The second-order valence-corrected chi connectivity index (χ2v) is 6.40. The minimum Gasteiger partial charge on any atom is -0.497 e. The predicted octanol–water partition coefficient (Wildman–Crippen LogP) is 6.21. The van der Waals surface area contributed by atoms with Crippen LogP contribution in [0.4, 0.5) is 10.5 Å². The van der Waals surface area contributed by atoms with Crippen molar-refractivity contribution in [3.8, 4) is 11.5 Å². The van der Waals surface area contributed by atoms with Gasteiger partial charge in [0.25, 0.3) is 0 Å². The minimum atomic E-state index is -0.501. The molecule has 0 aliphatic heterocycles. The fourth-order valence-electron chi connectivity index (χ4n) is 2.76. The van der Waals surface area contributed by atoms with Crippen molar-refractivity contribution in [2.75, 3.05) is 12.4 Å². The first kappa shape index (κ1) is 19.8. The maximum atomic E-state index is 12.0. The molecule has 0 aliphatic carbocycles. The topological polar surface area (TPSA) is 47.6 Å². The van der Waals surface area contributed by atoms with Crippen molar-refractivity contribution in [3.63, 3.8) is 0 Å². The van der Waals surface area contributed by atoms with Crippen LogP contribution in [0.15, 0.2) is 48.5 Å². The molecule has 0 aliphatic rings. The number of hydrogen-bond acceptors (Lipinski definition) is 3. The number of unbranched alkanes of at least 4 members (excludes halogenated alkanes) is 5. The number of benzene rings is 2. The lowest BCUT2D eigenvalue weighted by atomic mass is 10.0. The highest BCUT2D eigenvalue weighted by atomic mass is 16.6. The smallest absolute Gasteiger partial charge is 0.417 e. The molecule has 0 fully saturated rings. The Morgan fingerprint density at radius 3 is 2.12 bits per heavy atom. The lowest BCUT2D eigenvalue weighted by molar-refractivity contribution is 0.215. The Kier molecular flexibility index (Phi) is 8.53. The number of carbonyl (C=O) groups is 1. The summed E-state index contributed by atoms with van der Waals surface area (Å²) < 4.78 is 10.3. The summed E-state index contributed by atoms with van der Waals surface area (Å²) in [6.45, 7) is 2.24. The molecule has 2 aromatic carbocycles. The van der Waals surface area contributed by atoms with Crippen molar-refractivity contribution in [1.82, 2.24) is 0 Å². The molecule has 0 saturated carbocycles. The summed E-state index contributed by atoms with van der Waals surface area (Å²) in [7, 11) is 1.60. The van der Waals surface area contributed by atoms with Crippen LogP contribution in [0.2, 0.25) is 0 Å². The highest BCUT2D eigenvalue weighted by molar-refractivity contribution is 5.86. The zero-order valence-electron chi connectivity index (χ0n) is 15.8. The SMILES string of the molecule is CCCCCCCCc1ccc(NC(=O)Oc2ccc(OC)cc2)cc1. The van der Waals surface area contributed by atoms with E-state index >= 15 is 0 Å². The van der Waals surface area contributed by atoms with E-state index in [2.05, 4.69) is 24.4 Å². The van der Waals surface area contributed by atoms with Crippen molar-refractivity contribution in [2.45, 2.75) is 51.9 Å². The van der Waals surface area contributed by atoms with Crippen LogP contribution in [0.25, 0.3) is 0 Å². The number of amides is 1. The number of carbonyl (C=O) groups excluding carboxylic acids is 1. The number of hydrogen-bond donors (Lipinski definition) is 1. The van der Waals surface area contributed by atoms with Crippen LogP contribution >= 0.6 is 0 Å². The fourth-order valence-corrected chi connectivity index (χ4v) is 2.76. The van der Waals surface area contributed by atoms with Crippen molar-refractivity contribution < 1.29 is 14.3 Å². The van der Waals surface area contributed by atoms with Crippen LogP contribution in [0.5, 0.6) is 11.5 Å². The van der Waals surface area contributed by atoms with Crippen LogP contribution in [0, 0.1) is 0 Å². The van der Waals surface area contributed by atoms with Gasteiger partial charge in [0.05, 0.1) is 7.11 Å². The van der Waals surface area contributed by atoms with Gasteiger partial charge in [0.15, 0.2) is 0 Å². The normalized spacial score (nSPS) is 10.4. The maximum absolute atomic E-state index is 12.0. The average molecular weight is 355 g/mol. The summed E-state index contributed by atoms with van der Waals surface area (Å²) >= 11 is 0. The van der Waals surface area contributed by atoms with E-state index in [1.54, 1.807) is 31.4 Å². The van der Waals surface area contributed by atoms with Crippen LogP contribution in [0.3, 0.4) is 0 Å². The van der Waals surface area contributed by atoms with Crippen molar-refractivity contribution in [1.29, 1.82) is 0 Å². The Bertz CT molecular complexity index is 650.